The Morgan fingerprint density at radius 3 is 2.18 bits per heavy atom. The van der Waals surface area contributed by atoms with Crippen LogP contribution in [0.25, 0.3) is 0 Å². The van der Waals surface area contributed by atoms with Crippen molar-refractivity contribution in [1.82, 2.24) is 0 Å². The molecule has 0 aliphatic heterocycles. The van der Waals surface area contributed by atoms with Crippen molar-refractivity contribution in [3.63, 3.8) is 0 Å². The quantitative estimate of drug-likeness (QED) is 0.560. The highest BCUT2D eigenvalue weighted by Gasteiger charge is 2.15. The molecule has 0 fully saturated rings. The van der Waals surface area contributed by atoms with Crippen molar-refractivity contribution in [3.05, 3.63) is 23.8 Å². The molecule has 0 saturated carbocycles. The average molecular weight is 173 g/mol. The Kier molecular flexibility index (Phi) is 4.51. The van der Waals surface area contributed by atoms with E-state index in [0.717, 1.165) is 17.9 Å². The Labute approximate surface area is 74.9 Å². The number of hydrogen-bond donors (Lipinski definition) is 0. The van der Waals surface area contributed by atoms with Crippen molar-refractivity contribution < 1.29 is 0 Å². The first-order chi connectivity index (χ1) is 5.08. The first-order valence-electron chi connectivity index (χ1n) is 4.08. The highest BCUT2D eigenvalue weighted by molar-refractivity contribution is 6.31. The number of hydrogen-bond acceptors (Lipinski definition) is 0. The topological polar surface area (TPSA) is 0 Å². The van der Waals surface area contributed by atoms with Crippen molar-refractivity contribution in [1.29, 1.82) is 0 Å². The Morgan fingerprint density at radius 2 is 1.91 bits per heavy atom. The highest BCUT2D eigenvalue weighted by atomic mass is 35.5. The van der Waals surface area contributed by atoms with Gasteiger partial charge in [-0.25, -0.2) is 0 Å². The molecule has 0 saturated heterocycles. The molecule has 0 rings (SSSR count). The standard InChI is InChI=1S/C10H17Cl/c1-5-9(11)8-10(4,6-2)7-3/h5,8H,1,6-7H2,2-4H3. The molecular weight excluding hydrogens is 156 g/mol. The molecule has 0 aromatic carbocycles. The first-order valence-corrected chi connectivity index (χ1v) is 4.46. The Morgan fingerprint density at radius 1 is 1.45 bits per heavy atom. The van der Waals surface area contributed by atoms with Crippen molar-refractivity contribution >= 4 is 11.6 Å². The van der Waals surface area contributed by atoms with Gasteiger partial charge in [-0.2, -0.15) is 0 Å². The zero-order valence-electron chi connectivity index (χ0n) is 7.65. The van der Waals surface area contributed by atoms with Crippen molar-refractivity contribution in [2.75, 3.05) is 0 Å². The van der Waals surface area contributed by atoms with Crippen LogP contribution < -0.4 is 0 Å². The molecular formula is C10H17Cl. The van der Waals surface area contributed by atoms with E-state index >= 15 is 0 Å². The van der Waals surface area contributed by atoms with E-state index in [2.05, 4.69) is 33.4 Å². The van der Waals surface area contributed by atoms with Gasteiger partial charge in [0.25, 0.3) is 0 Å². The molecule has 0 unspecified atom stereocenters. The second kappa shape index (κ2) is 4.61. The largest absolute Gasteiger partial charge is 0.0976 e. The monoisotopic (exact) mass is 172 g/mol. The van der Waals surface area contributed by atoms with Crippen molar-refractivity contribution in [2.24, 2.45) is 5.41 Å². The molecule has 0 heterocycles. The third-order valence-electron chi connectivity index (χ3n) is 2.30. The molecule has 0 radical (unpaired) electrons. The maximum atomic E-state index is 5.85. The molecule has 0 N–H and O–H groups in total. The van der Waals surface area contributed by atoms with Crippen LogP contribution in [0, 0.1) is 5.41 Å². The van der Waals surface area contributed by atoms with Gasteiger partial charge in [-0.15, -0.1) is 0 Å². The van der Waals surface area contributed by atoms with Gasteiger partial charge in [0.2, 0.25) is 0 Å². The summed E-state index contributed by atoms with van der Waals surface area (Å²) in [5, 5.41) is 0.760. The lowest BCUT2D eigenvalue weighted by Gasteiger charge is -2.22. The normalized spacial score (nSPS) is 13.3. The second-order valence-electron chi connectivity index (χ2n) is 3.09. The molecule has 0 aromatic rings. The maximum absolute atomic E-state index is 5.85. The van der Waals surface area contributed by atoms with Gasteiger partial charge < -0.3 is 0 Å². The molecule has 0 atom stereocenters. The molecule has 0 aliphatic rings. The summed E-state index contributed by atoms with van der Waals surface area (Å²) >= 11 is 5.85. The molecule has 64 valence electrons. The van der Waals surface area contributed by atoms with E-state index in [1.165, 1.54) is 0 Å². The minimum absolute atomic E-state index is 0.241. The Balaban J connectivity index is 4.39. The van der Waals surface area contributed by atoms with Crippen LogP contribution >= 0.6 is 11.6 Å². The summed E-state index contributed by atoms with van der Waals surface area (Å²) < 4.78 is 0. The fraction of sp³-hybridized carbons (Fsp3) is 0.600. The van der Waals surface area contributed by atoms with Gasteiger partial charge in [-0.1, -0.05) is 51.1 Å². The summed E-state index contributed by atoms with van der Waals surface area (Å²) in [6, 6.07) is 0. The molecule has 0 aromatic heterocycles. The van der Waals surface area contributed by atoms with Crippen LogP contribution in [0.4, 0.5) is 0 Å². The summed E-state index contributed by atoms with van der Waals surface area (Å²) in [5.74, 6) is 0. The highest BCUT2D eigenvalue weighted by Crippen LogP contribution is 2.29. The molecule has 1 heteroatoms. The van der Waals surface area contributed by atoms with Gasteiger partial charge in [-0.3, -0.25) is 0 Å². The minimum Gasteiger partial charge on any atom is -0.0976 e. The lowest BCUT2D eigenvalue weighted by atomic mass is 9.84. The fourth-order valence-corrected chi connectivity index (χ4v) is 1.11. The summed E-state index contributed by atoms with van der Waals surface area (Å²) in [6.45, 7) is 10.2. The van der Waals surface area contributed by atoms with E-state index in [1.807, 2.05) is 0 Å². The van der Waals surface area contributed by atoms with E-state index in [9.17, 15) is 0 Å². The summed E-state index contributed by atoms with van der Waals surface area (Å²) in [6.07, 6.45) is 6.01. The molecule has 0 nitrogen and oxygen atoms in total. The van der Waals surface area contributed by atoms with Gasteiger partial charge in [0.1, 0.15) is 0 Å². The maximum Gasteiger partial charge on any atom is 0.0365 e. The predicted octanol–water partition coefficient (Wildman–Crippen LogP) is 4.12. The Bertz CT molecular complexity index is 152. The van der Waals surface area contributed by atoms with Crippen LogP contribution in [-0.4, -0.2) is 0 Å². The van der Waals surface area contributed by atoms with Gasteiger partial charge in [0, 0.05) is 5.03 Å². The molecule has 0 amide bonds. The summed E-state index contributed by atoms with van der Waals surface area (Å²) in [4.78, 5) is 0. The molecule has 0 spiro atoms. The van der Waals surface area contributed by atoms with Crippen LogP contribution in [-0.2, 0) is 0 Å². The van der Waals surface area contributed by atoms with Gasteiger partial charge >= 0.3 is 0 Å². The van der Waals surface area contributed by atoms with Gasteiger partial charge in [0.15, 0.2) is 0 Å². The second-order valence-corrected chi connectivity index (χ2v) is 3.53. The summed E-state index contributed by atoms with van der Waals surface area (Å²) in [7, 11) is 0. The third-order valence-corrected chi connectivity index (χ3v) is 2.56. The van der Waals surface area contributed by atoms with E-state index < -0.39 is 0 Å². The van der Waals surface area contributed by atoms with Crippen LogP contribution in [0.1, 0.15) is 33.6 Å². The van der Waals surface area contributed by atoms with E-state index in [1.54, 1.807) is 6.08 Å². The van der Waals surface area contributed by atoms with Gasteiger partial charge in [0.05, 0.1) is 0 Å². The Hall–Kier alpha value is -0.230. The van der Waals surface area contributed by atoms with E-state index in [-0.39, 0.29) is 5.41 Å². The smallest absolute Gasteiger partial charge is 0.0365 e. The first kappa shape index (κ1) is 10.8. The molecule has 0 bridgehead atoms. The van der Waals surface area contributed by atoms with Crippen molar-refractivity contribution in [3.8, 4) is 0 Å². The predicted molar refractivity (Wildman–Crippen MR) is 52.8 cm³/mol. The van der Waals surface area contributed by atoms with Gasteiger partial charge in [-0.05, 0) is 18.3 Å². The van der Waals surface area contributed by atoms with Crippen LogP contribution in [0.5, 0.6) is 0 Å². The summed E-state index contributed by atoms with van der Waals surface area (Å²) in [5.41, 5.74) is 0.241. The zero-order chi connectivity index (χ0) is 8.91. The van der Waals surface area contributed by atoms with Crippen LogP contribution in [0.15, 0.2) is 23.8 Å². The average Bonchev–Trinajstić information content (AvgIpc) is 2.04. The van der Waals surface area contributed by atoms with Crippen molar-refractivity contribution in [2.45, 2.75) is 33.6 Å². The number of halogens is 1. The zero-order valence-corrected chi connectivity index (χ0v) is 8.41. The lowest BCUT2D eigenvalue weighted by Crippen LogP contribution is -2.09. The molecule has 0 aliphatic carbocycles. The van der Waals surface area contributed by atoms with Crippen LogP contribution in [0.2, 0.25) is 0 Å². The van der Waals surface area contributed by atoms with E-state index in [4.69, 9.17) is 11.6 Å². The fourth-order valence-electron chi connectivity index (χ4n) is 0.846. The van der Waals surface area contributed by atoms with Crippen LogP contribution in [0.3, 0.4) is 0 Å². The minimum atomic E-state index is 0.241. The SMILES string of the molecule is C=CC(Cl)=CC(C)(CC)CC. The third kappa shape index (κ3) is 3.62. The molecule has 11 heavy (non-hydrogen) atoms. The lowest BCUT2D eigenvalue weighted by molar-refractivity contribution is 0.395. The number of rotatable bonds is 4. The number of allylic oxidation sites excluding steroid dienone is 3. The van der Waals surface area contributed by atoms with E-state index in [0.29, 0.717) is 0 Å².